The summed E-state index contributed by atoms with van der Waals surface area (Å²) in [6.07, 6.45) is 8.02. The highest BCUT2D eigenvalue weighted by Crippen LogP contribution is 2.32. The Bertz CT molecular complexity index is 456. The molecule has 1 aliphatic carbocycles. The maximum absolute atomic E-state index is 14.2. The molecular weight excluding hydrogens is 305 g/mol. The fourth-order valence-corrected chi connectivity index (χ4v) is 2.92. The Labute approximate surface area is 123 Å². The van der Waals surface area contributed by atoms with Crippen molar-refractivity contribution in [3.8, 4) is 0 Å². The van der Waals surface area contributed by atoms with Gasteiger partial charge in [0.2, 0.25) is 0 Å². The maximum atomic E-state index is 14.2. The lowest BCUT2D eigenvalue weighted by molar-refractivity contribution is 0.515. The molecule has 0 radical (unpaired) electrons. The second-order valence-electron chi connectivity index (χ2n) is 5.08. The molecule has 1 aromatic carbocycles. The second kappa shape index (κ2) is 7.20. The second-order valence-corrected chi connectivity index (χ2v) is 5.99. The van der Waals surface area contributed by atoms with Gasteiger partial charge in [-0.25, -0.2) is 4.39 Å². The van der Waals surface area contributed by atoms with Crippen LogP contribution in [0.3, 0.4) is 0 Å². The molecule has 1 atom stereocenters. The summed E-state index contributed by atoms with van der Waals surface area (Å²) in [5.74, 6) is -0.130. The normalized spacial score (nSPS) is 17.1. The van der Waals surface area contributed by atoms with Gasteiger partial charge in [-0.1, -0.05) is 40.6 Å². The van der Waals surface area contributed by atoms with Gasteiger partial charge in [-0.05, 0) is 50.8 Å². The Balaban J connectivity index is 2.27. The number of nitrogens with one attached hydrogen (secondary N) is 1. The number of hydrogen-bond acceptors (Lipinski definition) is 1. The van der Waals surface area contributed by atoms with Gasteiger partial charge in [0.25, 0.3) is 0 Å². The van der Waals surface area contributed by atoms with Crippen molar-refractivity contribution in [1.82, 2.24) is 5.32 Å². The predicted octanol–water partition coefficient (Wildman–Crippen LogP) is 5.13. The van der Waals surface area contributed by atoms with Crippen LogP contribution in [-0.2, 0) is 0 Å². The third kappa shape index (κ3) is 3.90. The Morgan fingerprint density at radius 1 is 1.37 bits per heavy atom. The van der Waals surface area contributed by atoms with Crippen molar-refractivity contribution in [3.63, 3.8) is 0 Å². The smallest absolute Gasteiger partial charge is 0.129 e. The topological polar surface area (TPSA) is 12.0 Å². The molecule has 3 heteroatoms. The van der Waals surface area contributed by atoms with Gasteiger partial charge >= 0.3 is 0 Å². The fraction of sp³-hybridized carbons (Fsp3) is 0.500. The lowest BCUT2D eigenvalue weighted by Gasteiger charge is -2.25. The molecule has 0 saturated carbocycles. The van der Waals surface area contributed by atoms with Gasteiger partial charge < -0.3 is 5.32 Å². The summed E-state index contributed by atoms with van der Waals surface area (Å²) >= 11 is 3.32. The molecule has 0 aliphatic heterocycles. The van der Waals surface area contributed by atoms with Gasteiger partial charge in [-0.15, -0.1) is 0 Å². The van der Waals surface area contributed by atoms with E-state index in [1.807, 2.05) is 12.1 Å². The highest BCUT2D eigenvalue weighted by molar-refractivity contribution is 9.10. The Morgan fingerprint density at radius 3 is 2.84 bits per heavy atom. The van der Waals surface area contributed by atoms with Gasteiger partial charge in [0.1, 0.15) is 5.82 Å². The first-order valence-corrected chi connectivity index (χ1v) is 7.89. The lowest BCUT2D eigenvalue weighted by atomic mass is 9.89. The zero-order valence-corrected chi connectivity index (χ0v) is 13.0. The van der Waals surface area contributed by atoms with E-state index in [4.69, 9.17) is 0 Å². The molecule has 0 bridgehead atoms. The Kier molecular flexibility index (Phi) is 5.59. The molecule has 104 valence electrons. The van der Waals surface area contributed by atoms with Crippen LogP contribution >= 0.6 is 15.9 Å². The van der Waals surface area contributed by atoms with E-state index >= 15 is 0 Å². The summed E-state index contributed by atoms with van der Waals surface area (Å²) in [5, 5.41) is 3.49. The summed E-state index contributed by atoms with van der Waals surface area (Å²) < 4.78 is 15.0. The van der Waals surface area contributed by atoms with Crippen molar-refractivity contribution in [3.05, 3.63) is 45.7 Å². The minimum Gasteiger partial charge on any atom is -0.306 e. The first-order chi connectivity index (χ1) is 9.22. The van der Waals surface area contributed by atoms with Crippen LogP contribution in [0.15, 0.2) is 34.3 Å². The molecule has 0 aromatic heterocycles. The highest BCUT2D eigenvalue weighted by Gasteiger charge is 2.20. The average Bonchev–Trinajstić information content (AvgIpc) is 2.42. The van der Waals surface area contributed by atoms with Crippen LogP contribution in [0, 0.1) is 5.82 Å². The van der Waals surface area contributed by atoms with Gasteiger partial charge in [0, 0.05) is 10.0 Å². The van der Waals surface area contributed by atoms with E-state index in [0.717, 1.165) is 35.8 Å². The van der Waals surface area contributed by atoms with Gasteiger partial charge in [0.05, 0.1) is 6.04 Å². The van der Waals surface area contributed by atoms with Crippen molar-refractivity contribution >= 4 is 15.9 Å². The number of benzene rings is 1. The van der Waals surface area contributed by atoms with Crippen LogP contribution in [-0.4, -0.2) is 6.54 Å². The molecule has 0 amide bonds. The third-order valence-electron chi connectivity index (χ3n) is 3.57. The zero-order valence-electron chi connectivity index (χ0n) is 11.4. The van der Waals surface area contributed by atoms with Crippen LogP contribution in [0.4, 0.5) is 4.39 Å². The predicted molar refractivity (Wildman–Crippen MR) is 81.7 cm³/mol. The van der Waals surface area contributed by atoms with Crippen LogP contribution in [0.25, 0.3) is 0 Å². The van der Waals surface area contributed by atoms with E-state index in [1.165, 1.54) is 18.4 Å². The number of allylic oxidation sites excluding steroid dienone is 1. The van der Waals surface area contributed by atoms with Crippen molar-refractivity contribution in [2.75, 3.05) is 6.54 Å². The molecule has 19 heavy (non-hydrogen) atoms. The van der Waals surface area contributed by atoms with Crippen molar-refractivity contribution < 1.29 is 4.39 Å². The Morgan fingerprint density at radius 2 is 2.21 bits per heavy atom. The summed E-state index contributed by atoms with van der Waals surface area (Å²) in [5.41, 5.74) is 2.12. The molecule has 1 nitrogen and oxygen atoms in total. The van der Waals surface area contributed by atoms with Crippen LogP contribution in [0.1, 0.15) is 50.6 Å². The van der Waals surface area contributed by atoms with E-state index in [2.05, 4.69) is 34.2 Å². The van der Waals surface area contributed by atoms with Gasteiger partial charge in [-0.2, -0.15) is 0 Å². The molecule has 0 heterocycles. The molecule has 0 saturated heterocycles. The highest BCUT2D eigenvalue weighted by atomic mass is 79.9. The van der Waals surface area contributed by atoms with Gasteiger partial charge in [0.15, 0.2) is 0 Å². The zero-order chi connectivity index (χ0) is 13.7. The van der Waals surface area contributed by atoms with Crippen molar-refractivity contribution in [2.45, 2.75) is 45.1 Å². The van der Waals surface area contributed by atoms with E-state index in [0.29, 0.717) is 0 Å². The molecule has 1 aromatic rings. The summed E-state index contributed by atoms with van der Waals surface area (Å²) in [7, 11) is 0. The van der Waals surface area contributed by atoms with Crippen molar-refractivity contribution in [1.29, 1.82) is 0 Å². The largest absolute Gasteiger partial charge is 0.306 e. The molecule has 2 rings (SSSR count). The lowest BCUT2D eigenvalue weighted by Crippen LogP contribution is -2.25. The maximum Gasteiger partial charge on any atom is 0.129 e. The number of halogens is 2. The van der Waals surface area contributed by atoms with E-state index in [9.17, 15) is 4.39 Å². The first kappa shape index (κ1) is 14.7. The molecule has 1 N–H and O–H groups in total. The van der Waals surface area contributed by atoms with E-state index in [1.54, 1.807) is 6.07 Å². The monoisotopic (exact) mass is 325 g/mol. The van der Waals surface area contributed by atoms with Crippen LogP contribution in [0.2, 0.25) is 0 Å². The third-order valence-corrected chi connectivity index (χ3v) is 4.06. The SMILES string of the molecule is CCCNC(C1=CCCCC1)c1ccc(Br)cc1F. The first-order valence-electron chi connectivity index (χ1n) is 7.09. The summed E-state index contributed by atoms with van der Waals surface area (Å²) in [6.45, 7) is 3.05. The minimum absolute atomic E-state index is 0.0355. The quantitative estimate of drug-likeness (QED) is 0.740. The molecule has 1 aliphatic rings. The summed E-state index contributed by atoms with van der Waals surface area (Å²) in [6, 6.07) is 5.40. The van der Waals surface area contributed by atoms with Crippen LogP contribution in [0.5, 0.6) is 0 Å². The minimum atomic E-state index is -0.130. The Hall–Kier alpha value is -0.670. The van der Waals surface area contributed by atoms with E-state index in [-0.39, 0.29) is 11.9 Å². The van der Waals surface area contributed by atoms with Crippen LogP contribution < -0.4 is 5.32 Å². The van der Waals surface area contributed by atoms with E-state index < -0.39 is 0 Å². The molecule has 1 unspecified atom stereocenters. The van der Waals surface area contributed by atoms with Gasteiger partial charge in [-0.3, -0.25) is 0 Å². The van der Waals surface area contributed by atoms with Crippen molar-refractivity contribution in [2.24, 2.45) is 0 Å². The molecular formula is C16H21BrFN. The number of hydrogen-bond donors (Lipinski definition) is 1. The molecule has 0 fully saturated rings. The molecule has 0 spiro atoms. The summed E-state index contributed by atoms with van der Waals surface area (Å²) in [4.78, 5) is 0. The fourth-order valence-electron chi connectivity index (χ4n) is 2.59. The average molecular weight is 326 g/mol. The number of rotatable bonds is 5. The standard InChI is InChI=1S/C16H21BrFN/c1-2-10-19-16(12-6-4-3-5-7-12)14-9-8-13(17)11-15(14)18/h6,8-9,11,16,19H,2-5,7,10H2,1H3.